The van der Waals surface area contributed by atoms with Crippen LogP contribution in [0.4, 0.5) is 11.4 Å². The van der Waals surface area contributed by atoms with Crippen molar-refractivity contribution in [1.29, 1.82) is 0 Å². The van der Waals surface area contributed by atoms with Crippen molar-refractivity contribution in [3.05, 3.63) is 51.4 Å². The average Bonchev–Trinajstić information content (AvgIpc) is 2.51. The lowest BCUT2D eigenvalue weighted by Gasteiger charge is -2.10. The standard InChI is InChI=1S/C14H8N2O5/c17-13-7-3-1-2-4-8(7)14(18)11-9(13)5-6-10(16(20)21)12(11)15-19/h1-6,17-18H. The molecule has 0 amide bonds. The molecule has 0 heterocycles. The van der Waals surface area contributed by atoms with Crippen LogP contribution in [0.25, 0.3) is 21.5 Å². The van der Waals surface area contributed by atoms with E-state index in [-0.39, 0.29) is 27.7 Å². The Kier molecular flexibility index (Phi) is 2.69. The molecule has 21 heavy (non-hydrogen) atoms. The van der Waals surface area contributed by atoms with Gasteiger partial charge in [0.1, 0.15) is 11.5 Å². The molecule has 0 aliphatic carbocycles. The minimum atomic E-state index is -0.762. The summed E-state index contributed by atoms with van der Waals surface area (Å²) in [7, 11) is 0. The summed E-state index contributed by atoms with van der Waals surface area (Å²) in [5.41, 5.74) is -1.03. The van der Waals surface area contributed by atoms with E-state index in [1.54, 1.807) is 18.2 Å². The van der Waals surface area contributed by atoms with Crippen molar-refractivity contribution < 1.29 is 15.1 Å². The van der Waals surface area contributed by atoms with Gasteiger partial charge in [0.25, 0.3) is 5.69 Å². The first-order chi connectivity index (χ1) is 10.1. The first kappa shape index (κ1) is 12.8. The summed E-state index contributed by atoms with van der Waals surface area (Å²) < 4.78 is 0. The second-order valence-electron chi connectivity index (χ2n) is 4.45. The van der Waals surface area contributed by atoms with Crippen LogP contribution < -0.4 is 0 Å². The number of nitroso groups, excluding NO2 is 1. The van der Waals surface area contributed by atoms with E-state index in [9.17, 15) is 25.2 Å². The largest absolute Gasteiger partial charge is 0.507 e. The summed E-state index contributed by atoms with van der Waals surface area (Å²) in [4.78, 5) is 21.2. The Bertz CT molecular complexity index is 920. The van der Waals surface area contributed by atoms with Gasteiger partial charge in [0, 0.05) is 22.2 Å². The number of nitrogens with zero attached hydrogens (tertiary/aromatic N) is 2. The average molecular weight is 284 g/mol. The van der Waals surface area contributed by atoms with Crippen molar-refractivity contribution in [3.8, 4) is 11.5 Å². The number of benzene rings is 3. The monoisotopic (exact) mass is 284 g/mol. The highest BCUT2D eigenvalue weighted by Gasteiger charge is 2.23. The van der Waals surface area contributed by atoms with Crippen molar-refractivity contribution in [2.45, 2.75) is 0 Å². The molecule has 7 heteroatoms. The predicted octanol–water partition coefficient (Wildman–Crippen LogP) is 3.71. The first-order valence-corrected chi connectivity index (χ1v) is 5.93. The fourth-order valence-electron chi connectivity index (χ4n) is 2.43. The molecule has 0 saturated carbocycles. The van der Waals surface area contributed by atoms with Gasteiger partial charge in [-0.3, -0.25) is 10.1 Å². The van der Waals surface area contributed by atoms with Crippen LogP contribution >= 0.6 is 0 Å². The molecule has 0 atom stereocenters. The Labute approximate surface area is 117 Å². The Balaban J connectivity index is 2.63. The maximum Gasteiger partial charge on any atom is 0.299 e. The van der Waals surface area contributed by atoms with Crippen LogP contribution in [0.1, 0.15) is 0 Å². The van der Waals surface area contributed by atoms with Gasteiger partial charge in [-0.15, -0.1) is 4.91 Å². The zero-order valence-corrected chi connectivity index (χ0v) is 10.5. The minimum Gasteiger partial charge on any atom is -0.507 e. The summed E-state index contributed by atoms with van der Waals surface area (Å²) in [6.45, 7) is 0. The van der Waals surface area contributed by atoms with Gasteiger partial charge in [-0.05, 0) is 11.2 Å². The summed E-state index contributed by atoms with van der Waals surface area (Å²) in [5, 5.41) is 34.9. The van der Waals surface area contributed by atoms with Gasteiger partial charge in [-0.25, -0.2) is 0 Å². The SMILES string of the molecule is O=Nc1c([N+](=O)[O-])ccc2c(O)c3ccccc3c(O)c12. The second kappa shape index (κ2) is 4.41. The van der Waals surface area contributed by atoms with Crippen LogP contribution in [0.5, 0.6) is 11.5 Å². The predicted molar refractivity (Wildman–Crippen MR) is 76.9 cm³/mol. The van der Waals surface area contributed by atoms with Crippen molar-refractivity contribution in [1.82, 2.24) is 0 Å². The summed E-state index contributed by atoms with van der Waals surface area (Å²) in [5.74, 6) is -0.491. The van der Waals surface area contributed by atoms with Gasteiger partial charge in [-0.2, -0.15) is 0 Å². The Morgan fingerprint density at radius 3 is 2.14 bits per heavy atom. The topological polar surface area (TPSA) is 113 Å². The van der Waals surface area contributed by atoms with E-state index in [1.165, 1.54) is 12.1 Å². The zero-order chi connectivity index (χ0) is 15.1. The van der Waals surface area contributed by atoms with E-state index < -0.39 is 16.3 Å². The van der Waals surface area contributed by atoms with Crippen molar-refractivity contribution in [2.24, 2.45) is 5.18 Å². The van der Waals surface area contributed by atoms with Gasteiger partial charge >= 0.3 is 0 Å². The van der Waals surface area contributed by atoms with E-state index in [0.717, 1.165) is 6.07 Å². The maximum atomic E-state index is 11.0. The molecule has 0 spiro atoms. The van der Waals surface area contributed by atoms with E-state index in [1.807, 2.05) is 0 Å². The fourth-order valence-corrected chi connectivity index (χ4v) is 2.43. The number of hydrogen-bond donors (Lipinski definition) is 2. The van der Waals surface area contributed by atoms with Crippen LogP contribution in [0.2, 0.25) is 0 Å². The summed E-state index contributed by atoms with van der Waals surface area (Å²) >= 11 is 0. The smallest absolute Gasteiger partial charge is 0.299 e. The molecule has 0 radical (unpaired) electrons. The van der Waals surface area contributed by atoms with Crippen LogP contribution in [0.15, 0.2) is 41.6 Å². The molecule has 0 saturated heterocycles. The Hall–Kier alpha value is -3.22. The number of fused-ring (bicyclic) bond motifs is 2. The maximum absolute atomic E-state index is 11.0. The number of nitro groups is 1. The summed E-state index contributed by atoms with van der Waals surface area (Å²) in [6, 6.07) is 8.81. The number of phenols is 2. The third-order valence-electron chi connectivity index (χ3n) is 3.37. The minimum absolute atomic E-state index is 0.129. The second-order valence-corrected chi connectivity index (χ2v) is 4.45. The molecule has 3 rings (SSSR count). The Morgan fingerprint density at radius 2 is 1.57 bits per heavy atom. The van der Waals surface area contributed by atoms with Gasteiger partial charge in [0.15, 0.2) is 5.69 Å². The van der Waals surface area contributed by atoms with Gasteiger partial charge < -0.3 is 10.2 Å². The molecule has 0 aliphatic heterocycles. The zero-order valence-electron chi connectivity index (χ0n) is 10.5. The molecule has 104 valence electrons. The third-order valence-corrected chi connectivity index (χ3v) is 3.37. The third kappa shape index (κ3) is 1.68. The lowest BCUT2D eigenvalue weighted by atomic mass is 9.99. The molecule has 3 aromatic carbocycles. The molecule has 0 unspecified atom stereocenters. The highest BCUT2D eigenvalue weighted by Crippen LogP contribution is 2.48. The van der Waals surface area contributed by atoms with Gasteiger partial charge in [0.2, 0.25) is 0 Å². The highest BCUT2D eigenvalue weighted by atomic mass is 16.6. The van der Waals surface area contributed by atoms with Crippen molar-refractivity contribution in [2.75, 3.05) is 0 Å². The molecule has 3 aromatic rings. The van der Waals surface area contributed by atoms with Gasteiger partial charge in [0.05, 0.1) is 10.3 Å². The number of phenolic OH excluding ortho intramolecular Hbond substituents is 2. The van der Waals surface area contributed by atoms with Crippen molar-refractivity contribution in [3.63, 3.8) is 0 Å². The number of rotatable bonds is 2. The number of nitro benzene ring substituents is 1. The highest BCUT2D eigenvalue weighted by molar-refractivity contribution is 6.15. The molecule has 2 N–H and O–H groups in total. The molecule has 0 fully saturated rings. The molecular weight excluding hydrogens is 276 g/mol. The van der Waals surface area contributed by atoms with E-state index >= 15 is 0 Å². The fraction of sp³-hybridized carbons (Fsp3) is 0. The lowest BCUT2D eigenvalue weighted by Crippen LogP contribution is -1.90. The number of hydrogen-bond acceptors (Lipinski definition) is 6. The van der Waals surface area contributed by atoms with Crippen LogP contribution in [-0.2, 0) is 0 Å². The van der Waals surface area contributed by atoms with Crippen LogP contribution in [0.3, 0.4) is 0 Å². The van der Waals surface area contributed by atoms with Crippen molar-refractivity contribution >= 4 is 32.9 Å². The molecule has 7 nitrogen and oxygen atoms in total. The molecule has 0 aromatic heterocycles. The van der Waals surface area contributed by atoms with Gasteiger partial charge in [-0.1, -0.05) is 24.3 Å². The lowest BCUT2D eigenvalue weighted by molar-refractivity contribution is -0.383. The Morgan fingerprint density at radius 1 is 0.952 bits per heavy atom. The molecule has 0 aliphatic rings. The normalized spacial score (nSPS) is 10.9. The molecule has 0 bridgehead atoms. The summed E-state index contributed by atoms with van der Waals surface area (Å²) in [6.07, 6.45) is 0. The quantitative estimate of drug-likeness (QED) is 0.245. The van der Waals surface area contributed by atoms with Crippen LogP contribution in [0, 0.1) is 15.0 Å². The van der Waals surface area contributed by atoms with E-state index in [4.69, 9.17) is 0 Å². The number of aromatic hydroxyl groups is 2. The molecular formula is C14H8N2O5. The van der Waals surface area contributed by atoms with Crippen LogP contribution in [-0.4, -0.2) is 15.1 Å². The first-order valence-electron chi connectivity index (χ1n) is 5.93. The van der Waals surface area contributed by atoms with E-state index in [0.29, 0.717) is 5.39 Å². The van der Waals surface area contributed by atoms with E-state index in [2.05, 4.69) is 5.18 Å².